The fraction of sp³-hybridized carbons (Fsp3) is 0.822. The van der Waals surface area contributed by atoms with Crippen LogP contribution < -0.4 is 0 Å². The summed E-state index contributed by atoms with van der Waals surface area (Å²) in [6.45, 7) is 13.2. The lowest BCUT2D eigenvalue weighted by Gasteiger charge is -2.29. The van der Waals surface area contributed by atoms with Crippen molar-refractivity contribution < 1.29 is 9.47 Å². The van der Waals surface area contributed by atoms with Crippen LogP contribution in [0, 0.1) is 0 Å². The molecule has 0 spiro atoms. The summed E-state index contributed by atoms with van der Waals surface area (Å²) in [5.41, 5.74) is 0. The Kier molecular flexibility index (Phi) is 32.1. The number of allylic oxidation sites excluding steroid dienone is 8. The Morgan fingerprint density at radius 2 is 0.833 bits per heavy atom. The Hall–Kier alpha value is -1.16. The molecule has 1 fully saturated rings. The molecule has 48 heavy (non-hydrogen) atoms. The lowest BCUT2D eigenvalue weighted by Crippen LogP contribution is -2.32. The number of nitrogens with zero attached hydrogens (tertiary/aromatic N) is 1. The van der Waals surface area contributed by atoms with Crippen molar-refractivity contribution in [1.29, 1.82) is 0 Å². The van der Waals surface area contributed by atoms with Gasteiger partial charge in [-0.3, -0.25) is 0 Å². The first-order valence-corrected chi connectivity index (χ1v) is 21.3. The SMILES string of the molecule is CCCCC/C=C\CCCC/C=C\CCCCCC1(CCCCC/C=C\CCCC/C=C\CCCCC)OCC(CCN(CC)CC)O1. The summed E-state index contributed by atoms with van der Waals surface area (Å²) in [5, 5.41) is 0. The first kappa shape index (κ1) is 44.9. The smallest absolute Gasteiger partial charge is 0.168 e. The number of ether oxygens (including phenoxy) is 2. The van der Waals surface area contributed by atoms with E-state index in [2.05, 4.69) is 81.2 Å². The summed E-state index contributed by atoms with van der Waals surface area (Å²) in [6.07, 6.45) is 53.5. The lowest BCUT2D eigenvalue weighted by molar-refractivity contribution is -0.180. The highest BCUT2D eigenvalue weighted by molar-refractivity contribution is 4.86. The Bertz CT molecular complexity index is 732. The molecular weight excluding hydrogens is 587 g/mol. The molecule has 0 N–H and O–H groups in total. The molecule has 3 heteroatoms. The third kappa shape index (κ3) is 26.7. The predicted octanol–water partition coefficient (Wildman–Crippen LogP) is 14.2. The van der Waals surface area contributed by atoms with Crippen LogP contribution in [0.3, 0.4) is 0 Å². The van der Waals surface area contributed by atoms with E-state index in [0.29, 0.717) is 0 Å². The van der Waals surface area contributed by atoms with E-state index < -0.39 is 0 Å². The van der Waals surface area contributed by atoms with Crippen molar-refractivity contribution in [1.82, 2.24) is 4.90 Å². The van der Waals surface area contributed by atoms with Gasteiger partial charge in [0.15, 0.2) is 5.79 Å². The second-order valence-electron chi connectivity index (χ2n) is 14.4. The molecule has 1 atom stereocenters. The standard InChI is InChI=1S/C45H83NO2/c1-5-9-11-13-15-17-19-21-23-25-27-29-31-33-35-37-40-45(47-43-44(48-45)39-42-46(7-3)8-4)41-38-36-34-32-30-28-26-24-22-20-18-16-14-12-10-6-2/h15-18,27-30,44H,5-14,19-26,31-43H2,1-4H3/b17-15-,18-16-,29-27-,30-28-. The monoisotopic (exact) mass is 670 g/mol. The van der Waals surface area contributed by atoms with Gasteiger partial charge in [0.25, 0.3) is 0 Å². The molecule has 1 rings (SSSR count). The van der Waals surface area contributed by atoms with Gasteiger partial charge in [-0.1, -0.05) is 115 Å². The van der Waals surface area contributed by atoms with Gasteiger partial charge in [-0.15, -0.1) is 0 Å². The molecular formula is C45H83NO2. The molecule has 1 unspecified atom stereocenters. The quantitative estimate of drug-likeness (QED) is 0.0495. The van der Waals surface area contributed by atoms with Gasteiger partial charge in [0.05, 0.1) is 12.7 Å². The number of unbranched alkanes of at least 4 members (excludes halogenated alkanes) is 18. The van der Waals surface area contributed by atoms with E-state index in [1.807, 2.05) is 0 Å². The molecule has 0 aromatic heterocycles. The van der Waals surface area contributed by atoms with Crippen LogP contribution in [-0.4, -0.2) is 43.0 Å². The van der Waals surface area contributed by atoms with E-state index in [4.69, 9.17) is 9.47 Å². The molecule has 1 heterocycles. The van der Waals surface area contributed by atoms with Crippen molar-refractivity contribution in [3.63, 3.8) is 0 Å². The summed E-state index contributed by atoms with van der Waals surface area (Å²) < 4.78 is 13.3. The van der Waals surface area contributed by atoms with E-state index in [1.165, 1.54) is 154 Å². The molecule has 0 aromatic carbocycles. The number of hydrogen-bond acceptors (Lipinski definition) is 3. The van der Waals surface area contributed by atoms with Gasteiger partial charge in [0.1, 0.15) is 0 Å². The maximum atomic E-state index is 6.75. The topological polar surface area (TPSA) is 21.7 Å². The van der Waals surface area contributed by atoms with Crippen molar-refractivity contribution >= 4 is 0 Å². The third-order valence-corrected chi connectivity index (χ3v) is 10.0. The zero-order valence-electron chi connectivity index (χ0n) is 32.9. The average Bonchev–Trinajstić information content (AvgIpc) is 3.51. The van der Waals surface area contributed by atoms with Gasteiger partial charge in [0.2, 0.25) is 0 Å². The highest BCUT2D eigenvalue weighted by Gasteiger charge is 2.40. The second kappa shape index (κ2) is 34.3. The third-order valence-electron chi connectivity index (χ3n) is 10.0. The van der Waals surface area contributed by atoms with E-state index in [9.17, 15) is 0 Å². The fourth-order valence-electron chi connectivity index (χ4n) is 6.69. The Labute approximate surface area is 301 Å². The van der Waals surface area contributed by atoms with Crippen LogP contribution in [0.25, 0.3) is 0 Å². The summed E-state index contributed by atoms with van der Waals surface area (Å²) in [7, 11) is 0. The van der Waals surface area contributed by atoms with Gasteiger partial charge in [-0.2, -0.15) is 0 Å². The molecule has 0 radical (unpaired) electrons. The van der Waals surface area contributed by atoms with Gasteiger partial charge in [-0.25, -0.2) is 0 Å². The molecule has 280 valence electrons. The minimum atomic E-state index is -0.339. The van der Waals surface area contributed by atoms with E-state index in [1.54, 1.807) is 0 Å². The fourth-order valence-corrected chi connectivity index (χ4v) is 6.69. The van der Waals surface area contributed by atoms with Gasteiger partial charge >= 0.3 is 0 Å². The predicted molar refractivity (Wildman–Crippen MR) is 214 cm³/mol. The Morgan fingerprint density at radius 1 is 0.479 bits per heavy atom. The molecule has 0 bridgehead atoms. The van der Waals surface area contributed by atoms with Crippen LogP contribution in [0.5, 0.6) is 0 Å². The zero-order chi connectivity index (χ0) is 34.6. The zero-order valence-corrected chi connectivity index (χ0v) is 32.9. The molecule has 1 saturated heterocycles. The lowest BCUT2D eigenvalue weighted by atomic mass is 9.99. The summed E-state index contributed by atoms with van der Waals surface area (Å²) >= 11 is 0. The van der Waals surface area contributed by atoms with Gasteiger partial charge in [0, 0.05) is 19.4 Å². The van der Waals surface area contributed by atoms with Crippen molar-refractivity contribution in [2.45, 2.75) is 213 Å². The van der Waals surface area contributed by atoms with Crippen LogP contribution >= 0.6 is 0 Å². The van der Waals surface area contributed by atoms with Crippen LogP contribution in [0.4, 0.5) is 0 Å². The van der Waals surface area contributed by atoms with E-state index >= 15 is 0 Å². The van der Waals surface area contributed by atoms with Crippen molar-refractivity contribution in [2.75, 3.05) is 26.2 Å². The van der Waals surface area contributed by atoms with E-state index in [-0.39, 0.29) is 11.9 Å². The van der Waals surface area contributed by atoms with Gasteiger partial charge < -0.3 is 14.4 Å². The molecule has 0 aromatic rings. The second-order valence-corrected chi connectivity index (χ2v) is 14.4. The summed E-state index contributed by atoms with van der Waals surface area (Å²) in [5.74, 6) is -0.339. The highest BCUT2D eigenvalue weighted by atomic mass is 16.7. The molecule has 3 nitrogen and oxygen atoms in total. The molecule has 0 saturated carbocycles. The minimum Gasteiger partial charge on any atom is -0.347 e. The van der Waals surface area contributed by atoms with Crippen molar-refractivity contribution in [3.05, 3.63) is 48.6 Å². The normalized spacial score (nSPS) is 16.7. The van der Waals surface area contributed by atoms with Crippen LogP contribution in [0.2, 0.25) is 0 Å². The van der Waals surface area contributed by atoms with E-state index in [0.717, 1.165) is 45.5 Å². The maximum Gasteiger partial charge on any atom is 0.168 e. The van der Waals surface area contributed by atoms with Crippen molar-refractivity contribution in [3.8, 4) is 0 Å². The minimum absolute atomic E-state index is 0.254. The Morgan fingerprint density at radius 3 is 1.19 bits per heavy atom. The number of rotatable bonds is 35. The largest absolute Gasteiger partial charge is 0.347 e. The van der Waals surface area contributed by atoms with Crippen molar-refractivity contribution in [2.24, 2.45) is 0 Å². The van der Waals surface area contributed by atoms with Crippen LogP contribution in [-0.2, 0) is 9.47 Å². The van der Waals surface area contributed by atoms with Crippen LogP contribution in [0.1, 0.15) is 201 Å². The molecule has 1 aliphatic rings. The summed E-state index contributed by atoms with van der Waals surface area (Å²) in [4.78, 5) is 2.50. The maximum absolute atomic E-state index is 6.75. The van der Waals surface area contributed by atoms with Gasteiger partial charge in [-0.05, 0) is 135 Å². The van der Waals surface area contributed by atoms with Crippen LogP contribution in [0.15, 0.2) is 48.6 Å². The summed E-state index contributed by atoms with van der Waals surface area (Å²) in [6, 6.07) is 0. The first-order chi connectivity index (χ1) is 23.7. The first-order valence-electron chi connectivity index (χ1n) is 21.3. The average molecular weight is 670 g/mol. The number of hydrogen-bond donors (Lipinski definition) is 0. The molecule has 0 aliphatic carbocycles. The Balaban J connectivity index is 2.25. The molecule has 1 aliphatic heterocycles. The molecule has 0 amide bonds. The highest BCUT2D eigenvalue weighted by Crippen LogP contribution is 2.35.